The molecule has 0 aromatic carbocycles. The average Bonchev–Trinajstić information content (AvgIpc) is 2.61. The first-order chi connectivity index (χ1) is 7.00. The van der Waals surface area contributed by atoms with Gasteiger partial charge in [0.1, 0.15) is 5.54 Å². The van der Waals surface area contributed by atoms with Crippen molar-refractivity contribution in [2.45, 2.75) is 32.2 Å². The van der Waals surface area contributed by atoms with Crippen molar-refractivity contribution in [3.63, 3.8) is 0 Å². The van der Waals surface area contributed by atoms with Crippen LogP contribution in [0.4, 0.5) is 0 Å². The van der Waals surface area contributed by atoms with E-state index in [4.69, 9.17) is 4.74 Å². The lowest BCUT2D eigenvalue weighted by atomic mass is 9.96. The van der Waals surface area contributed by atoms with Gasteiger partial charge >= 0.3 is 5.97 Å². The Kier molecular flexibility index (Phi) is 4.11. The molecule has 0 aromatic rings. The quantitative estimate of drug-likeness (QED) is 0.749. The predicted molar refractivity (Wildman–Crippen MR) is 57.9 cm³/mol. The number of carbonyl (C=O) groups is 1. The van der Waals surface area contributed by atoms with E-state index in [9.17, 15) is 9.90 Å². The van der Waals surface area contributed by atoms with Gasteiger partial charge in [-0.25, -0.2) is 0 Å². The van der Waals surface area contributed by atoms with Gasteiger partial charge in [-0.15, -0.1) is 0 Å². The maximum atomic E-state index is 11.3. The third-order valence-electron chi connectivity index (χ3n) is 3.38. The molecule has 2 unspecified atom stereocenters. The van der Waals surface area contributed by atoms with Crippen molar-refractivity contribution in [1.82, 2.24) is 4.90 Å². The van der Waals surface area contributed by atoms with E-state index in [-0.39, 0.29) is 0 Å². The predicted octanol–water partition coefficient (Wildman–Crippen LogP) is 1.21. The van der Waals surface area contributed by atoms with Crippen molar-refractivity contribution >= 4 is 5.97 Å². The number of rotatable bonds is 5. The van der Waals surface area contributed by atoms with Crippen molar-refractivity contribution < 1.29 is 14.6 Å². The summed E-state index contributed by atoms with van der Waals surface area (Å²) < 4.78 is 4.98. The van der Waals surface area contributed by atoms with E-state index in [1.807, 2.05) is 0 Å². The van der Waals surface area contributed by atoms with Gasteiger partial charge < -0.3 is 9.84 Å². The van der Waals surface area contributed by atoms with Gasteiger partial charge in [0.25, 0.3) is 0 Å². The molecular weight excluding hydrogens is 194 g/mol. The van der Waals surface area contributed by atoms with Crippen LogP contribution in [0.25, 0.3) is 0 Å². The summed E-state index contributed by atoms with van der Waals surface area (Å²) >= 11 is 0. The molecule has 1 aliphatic rings. The molecule has 88 valence electrons. The summed E-state index contributed by atoms with van der Waals surface area (Å²) in [6.07, 6.45) is 1.64. The molecule has 1 aliphatic heterocycles. The second-order valence-electron chi connectivity index (χ2n) is 4.66. The highest BCUT2D eigenvalue weighted by Gasteiger charge is 2.41. The van der Waals surface area contributed by atoms with Crippen molar-refractivity contribution in [2.75, 3.05) is 26.8 Å². The minimum Gasteiger partial charge on any atom is -0.480 e. The monoisotopic (exact) mass is 215 g/mol. The van der Waals surface area contributed by atoms with E-state index >= 15 is 0 Å². The Labute approximate surface area is 91.2 Å². The second-order valence-corrected chi connectivity index (χ2v) is 4.66. The Morgan fingerprint density at radius 3 is 2.73 bits per heavy atom. The summed E-state index contributed by atoms with van der Waals surface area (Å²) in [5.74, 6) is -0.139. The van der Waals surface area contributed by atoms with E-state index in [0.717, 1.165) is 19.5 Å². The Balaban J connectivity index is 2.67. The number of likely N-dealkylation sites (tertiary alicyclic amines) is 1. The maximum absolute atomic E-state index is 11.3. The van der Waals surface area contributed by atoms with Crippen LogP contribution in [0.2, 0.25) is 0 Å². The number of carboxylic acid groups (broad SMARTS) is 1. The summed E-state index contributed by atoms with van der Waals surface area (Å²) in [7, 11) is 1.61. The zero-order chi connectivity index (χ0) is 11.5. The number of aliphatic carboxylic acids is 1. The Morgan fingerprint density at radius 2 is 2.33 bits per heavy atom. The van der Waals surface area contributed by atoms with Gasteiger partial charge in [-0.3, -0.25) is 9.69 Å². The molecule has 0 aromatic heterocycles. The van der Waals surface area contributed by atoms with Crippen LogP contribution in [0, 0.1) is 5.92 Å². The van der Waals surface area contributed by atoms with Crippen LogP contribution in [-0.2, 0) is 9.53 Å². The van der Waals surface area contributed by atoms with Crippen molar-refractivity contribution in [3.05, 3.63) is 0 Å². The number of methoxy groups -OCH3 is 1. The van der Waals surface area contributed by atoms with Gasteiger partial charge in [0.2, 0.25) is 0 Å². The van der Waals surface area contributed by atoms with Gasteiger partial charge in [0, 0.05) is 20.3 Å². The zero-order valence-corrected chi connectivity index (χ0v) is 9.82. The zero-order valence-electron chi connectivity index (χ0n) is 9.82. The fraction of sp³-hybridized carbons (Fsp3) is 0.909. The minimum atomic E-state index is -0.763. The molecule has 1 N–H and O–H groups in total. The number of carboxylic acids is 1. The van der Waals surface area contributed by atoms with E-state index in [1.54, 1.807) is 14.0 Å². The lowest BCUT2D eigenvalue weighted by Crippen LogP contribution is -2.52. The average molecular weight is 215 g/mol. The van der Waals surface area contributed by atoms with Crippen LogP contribution in [-0.4, -0.2) is 48.3 Å². The second kappa shape index (κ2) is 4.94. The van der Waals surface area contributed by atoms with E-state index in [2.05, 4.69) is 11.8 Å². The van der Waals surface area contributed by atoms with Crippen LogP contribution < -0.4 is 0 Å². The summed E-state index contributed by atoms with van der Waals surface area (Å²) in [4.78, 5) is 13.4. The molecule has 1 heterocycles. The van der Waals surface area contributed by atoms with Crippen molar-refractivity contribution in [3.8, 4) is 0 Å². The van der Waals surface area contributed by atoms with Crippen LogP contribution in [0.15, 0.2) is 0 Å². The molecular formula is C11H21NO3. The highest BCUT2D eigenvalue weighted by Crippen LogP contribution is 2.27. The summed E-state index contributed by atoms with van der Waals surface area (Å²) in [5, 5.41) is 9.31. The Bertz CT molecular complexity index is 232. The summed E-state index contributed by atoms with van der Waals surface area (Å²) in [6.45, 7) is 6.22. The number of hydrogen-bond donors (Lipinski definition) is 1. The van der Waals surface area contributed by atoms with Gasteiger partial charge in [0.05, 0.1) is 0 Å². The molecule has 0 radical (unpaired) electrons. The largest absolute Gasteiger partial charge is 0.480 e. The molecule has 4 heteroatoms. The topological polar surface area (TPSA) is 49.8 Å². The molecule has 1 saturated heterocycles. The lowest BCUT2D eigenvalue weighted by Gasteiger charge is -2.34. The first-order valence-corrected chi connectivity index (χ1v) is 5.48. The fourth-order valence-corrected chi connectivity index (χ4v) is 2.08. The molecule has 4 nitrogen and oxygen atoms in total. The van der Waals surface area contributed by atoms with Gasteiger partial charge in [-0.05, 0) is 32.2 Å². The molecule has 0 bridgehead atoms. The molecule has 0 amide bonds. The Morgan fingerprint density at radius 1 is 1.67 bits per heavy atom. The first kappa shape index (κ1) is 12.5. The normalized spacial score (nSPS) is 26.5. The third-order valence-corrected chi connectivity index (χ3v) is 3.38. The molecule has 0 saturated carbocycles. The summed E-state index contributed by atoms with van der Waals surface area (Å²) in [5.41, 5.74) is -0.763. The lowest BCUT2D eigenvalue weighted by molar-refractivity contribution is -0.151. The van der Waals surface area contributed by atoms with Crippen LogP contribution in [0.1, 0.15) is 26.7 Å². The third kappa shape index (κ3) is 2.69. The SMILES string of the molecule is COCCC(C)(C(=O)O)N1CCC(C)C1. The highest BCUT2D eigenvalue weighted by molar-refractivity contribution is 5.78. The van der Waals surface area contributed by atoms with Crippen molar-refractivity contribution in [1.29, 1.82) is 0 Å². The van der Waals surface area contributed by atoms with Gasteiger partial charge in [-0.1, -0.05) is 6.92 Å². The molecule has 2 atom stereocenters. The van der Waals surface area contributed by atoms with Gasteiger partial charge in [-0.2, -0.15) is 0 Å². The molecule has 1 fully saturated rings. The fourth-order valence-electron chi connectivity index (χ4n) is 2.08. The standard InChI is InChI=1S/C11H21NO3/c1-9-4-6-12(8-9)11(2,10(13)14)5-7-15-3/h9H,4-8H2,1-3H3,(H,13,14). The van der Waals surface area contributed by atoms with Crippen LogP contribution in [0.3, 0.4) is 0 Å². The van der Waals surface area contributed by atoms with Crippen LogP contribution >= 0.6 is 0 Å². The van der Waals surface area contributed by atoms with E-state index < -0.39 is 11.5 Å². The smallest absolute Gasteiger partial charge is 0.323 e. The number of ether oxygens (including phenoxy) is 1. The molecule has 15 heavy (non-hydrogen) atoms. The van der Waals surface area contributed by atoms with Crippen LogP contribution in [0.5, 0.6) is 0 Å². The van der Waals surface area contributed by atoms with E-state index in [0.29, 0.717) is 18.9 Å². The minimum absolute atomic E-state index is 0.494. The highest BCUT2D eigenvalue weighted by atomic mass is 16.5. The van der Waals surface area contributed by atoms with Crippen molar-refractivity contribution in [2.24, 2.45) is 5.92 Å². The van der Waals surface area contributed by atoms with Gasteiger partial charge in [0.15, 0.2) is 0 Å². The first-order valence-electron chi connectivity index (χ1n) is 5.48. The summed E-state index contributed by atoms with van der Waals surface area (Å²) in [6, 6.07) is 0. The Hall–Kier alpha value is -0.610. The number of nitrogens with zero attached hydrogens (tertiary/aromatic N) is 1. The molecule has 0 spiro atoms. The number of hydrogen-bond acceptors (Lipinski definition) is 3. The van der Waals surface area contributed by atoms with E-state index in [1.165, 1.54) is 0 Å². The maximum Gasteiger partial charge on any atom is 0.323 e. The molecule has 1 rings (SSSR count). The molecule has 0 aliphatic carbocycles.